The topological polar surface area (TPSA) is 43.8 Å². The van der Waals surface area contributed by atoms with Crippen molar-refractivity contribution in [2.75, 3.05) is 7.05 Å². The predicted octanol–water partition coefficient (Wildman–Crippen LogP) is 1.04. The van der Waals surface area contributed by atoms with E-state index in [-0.39, 0.29) is 0 Å². The predicted molar refractivity (Wildman–Crippen MR) is 42.7 cm³/mol. The summed E-state index contributed by atoms with van der Waals surface area (Å²) in [6, 6.07) is 2.42. The summed E-state index contributed by atoms with van der Waals surface area (Å²) in [5.74, 6) is 0. The van der Waals surface area contributed by atoms with Crippen LogP contribution < -0.4 is 5.73 Å². The summed E-state index contributed by atoms with van der Waals surface area (Å²) in [4.78, 5) is 0. The van der Waals surface area contributed by atoms with Gasteiger partial charge in [0.25, 0.3) is 0 Å². The fourth-order valence-electron chi connectivity index (χ4n) is 0.586. The van der Waals surface area contributed by atoms with E-state index >= 15 is 0 Å². The van der Waals surface area contributed by atoms with Crippen LogP contribution in [0.25, 0.3) is 0 Å². The van der Waals surface area contributed by atoms with Crippen molar-refractivity contribution in [2.45, 2.75) is 19.9 Å². The van der Waals surface area contributed by atoms with E-state index in [4.69, 9.17) is 0 Å². The Balaban J connectivity index is 0.000000371. The maximum Gasteiger partial charge on any atom is 0.0489 e. The van der Waals surface area contributed by atoms with Gasteiger partial charge in [-0.25, -0.2) is 0 Å². The SMILES string of the molecule is CC(C)n1cccn1.CN. The first kappa shape index (κ1) is 9.17. The number of aromatic nitrogens is 2. The van der Waals surface area contributed by atoms with Crippen molar-refractivity contribution in [1.82, 2.24) is 9.78 Å². The molecular formula is C7H15N3. The molecule has 1 rings (SSSR count). The number of rotatable bonds is 1. The zero-order valence-corrected chi connectivity index (χ0v) is 6.78. The van der Waals surface area contributed by atoms with Crippen LogP contribution in [0.2, 0.25) is 0 Å². The van der Waals surface area contributed by atoms with Gasteiger partial charge in [-0.05, 0) is 27.0 Å². The fourth-order valence-corrected chi connectivity index (χ4v) is 0.586. The zero-order valence-electron chi connectivity index (χ0n) is 6.78. The summed E-state index contributed by atoms with van der Waals surface area (Å²) in [6.45, 7) is 4.21. The van der Waals surface area contributed by atoms with Crippen LogP contribution in [-0.2, 0) is 0 Å². The van der Waals surface area contributed by atoms with E-state index in [0.717, 1.165) is 0 Å². The summed E-state index contributed by atoms with van der Waals surface area (Å²) in [7, 11) is 1.50. The molecule has 0 fully saturated rings. The first-order valence-corrected chi connectivity index (χ1v) is 3.37. The van der Waals surface area contributed by atoms with Gasteiger partial charge in [0, 0.05) is 18.4 Å². The number of hydrogen-bond donors (Lipinski definition) is 1. The van der Waals surface area contributed by atoms with Crippen LogP contribution >= 0.6 is 0 Å². The molecule has 1 heterocycles. The highest BCUT2D eigenvalue weighted by Gasteiger charge is 1.91. The summed E-state index contributed by atoms with van der Waals surface area (Å²) in [5, 5.41) is 4.03. The van der Waals surface area contributed by atoms with Crippen molar-refractivity contribution >= 4 is 0 Å². The van der Waals surface area contributed by atoms with Gasteiger partial charge in [-0.2, -0.15) is 5.10 Å². The highest BCUT2D eigenvalue weighted by molar-refractivity contribution is 4.79. The van der Waals surface area contributed by atoms with Gasteiger partial charge in [-0.1, -0.05) is 0 Å². The Morgan fingerprint density at radius 2 is 2.00 bits per heavy atom. The standard InChI is InChI=1S/C6H10N2.CH5N/c1-6(2)8-5-3-4-7-8;1-2/h3-6H,1-2H3;2H2,1H3. The second-order valence-corrected chi connectivity index (χ2v) is 2.08. The van der Waals surface area contributed by atoms with E-state index in [1.807, 2.05) is 16.9 Å². The molecule has 3 heteroatoms. The number of nitrogens with two attached hydrogens (primary N) is 1. The first-order chi connectivity index (χ1) is 4.80. The minimum absolute atomic E-state index is 0.491. The van der Waals surface area contributed by atoms with Crippen LogP contribution in [0.15, 0.2) is 18.5 Å². The molecule has 3 nitrogen and oxygen atoms in total. The molecule has 0 unspecified atom stereocenters. The molecule has 0 spiro atoms. The Morgan fingerprint density at radius 3 is 2.20 bits per heavy atom. The highest BCUT2D eigenvalue weighted by atomic mass is 15.3. The van der Waals surface area contributed by atoms with Crippen LogP contribution in [0.5, 0.6) is 0 Å². The molecule has 2 N–H and O–H groups in total. The van der Waals surface area contributed by atoms with Gasteiger partial charge in [-0.15, -0.1) is 0 Å². The molecule has 0 aromatic carbocycles. The first-order valence-electron chi connectivity index (χ1n) is 3.37. The number of nitrogens with zero attached hydrogens (tertiary/aromatic N) is 2. The van der Waals surface area contributed by atoms with E-state index in [2.05, 4.69) is 24.7 Å². The van der Waals surface area contributed by atoms with E-state index in [1.165, 1.54) is 7.05 Å². The molecule has 0 saturated heterocycles. The third-order valence-corrected chi connectivity index (χ3v) is 1.05. The van der Waals surface area contributed by atoms with Crippen molar-refractivity contribution in [3.63, 3.8) is 0 Å². The maximum atomic E-state index is 4.50. The van der Waals surface area contributed by atoms with E-state index in [1.54, 1.807) is 6.20 Å². The van der Waals surface area contributed by atoms with Crippen molar-refractivity contribution in [1.29, 1.82) is 0 Å². The molecule has 0 atom stereocenters. The van der Waals surface area contributed by atoms with Gasteiger partial charge in [0.15, 0.2) is 0 Å². The van der Waals surface area contributed by atoms with Crippen molar-refractivity contribution in [3.05, 3.63) is 18.5 Å². The maximum absolute atomic E-state index is 4.50. The molecular weight excluding hydrogens is 126 g/mol. The molecule has 0 amide bonds. The van der Waals surface area contributed by atoms with Gasteiger partial charge < -0.3 is 5.73 Å². The molecule has 0 bridgehead atoms. The Hall–Kier alpha value is -0.830. The normalized spacial score (nSPS) is 8.90. The molecule has 0 aliphatic carbocycles. The molecule has 0 aliphatic rings. The Morgan fingerprint density at radius 1 is 1.40 bits per heavy atom. The van der Waals surface area contributed by atoms with Gasteiger partial charge in [0.05, 0.1) is 0 Å². The molecule has 1 aromatic rings. The summed E-state index contributed by atoms with van der Waals surface area (Å²) in [5.41, 5.74) is 4.50. The third-order valence-electron chi connectivity index (χ3n) is 1.05. The smallest absolute Gasteiger partial charge is 0.0489 e. The summed E-state index contributed by atoms with van der Waals surface area (Å²) < 4.78 is 1.92. The molecule has 0 radical (unpaired) electrons. The molecule has 58 valence electrons. The molecule has 0 saturated carbocycles. The second kappa shape index (κ2) is 4.99. The van der Waals surface area contributed by atoms with Crippen molar-refractivity contribution in [3.8, 4) is 0 Å². The lowest BCUT2D eigenvalue weighted by Gasteiger charge is -2.01. The van der Waals surface area contributed by atoms with Gasteiger partial charge >= 0.3 is 0 Å². The lowest BCUT2D eigenvalue weighted by molar-refractivity contribution is 0.532. The minimum atomic E-state index is 0.491. The molecule has 0 aliphatic heterocycles. The van der Waals surface area contributed by atoms with E-state index in [9.17, 15) is 0 Å². The highest BCUT2D eigenvalue weighted by Crippen LogP contribution is 1.98. The molecule has 1 aromatic heterocycles. The van der Waals surface area contributed by atoms with Gasteiger partial charge in [0.1, 0.15) is 0 Å². The monoisotopic (exact) mass is 141 g/mol. The quantitative estimate of drug-likeness (QED) is 0.635. The number of hydrogen-bond acceptors (Lipinski definition) is 2. The lowest BCUT2D eigenvalue weighted by Crippen LogP contribution is -1.99. The average Bonchev–Trinajstić information content (AvgIpc) is 2.42. The summed E-state index contributed by atoms with van der Waals surface area (Å²) in [6.07, 6.45) is 3.75. The van der Waals surface area contributed by atoms with Crippen LogP contribution in [0.1, 0.15) is 19.9 Å². The van der Waals surface area contributed by atoms with Crippen molar-refractivity contribution < 1.29 is 0 Å². The Kier molecular flexibility index (Phi) is 4.58. The fraction of sp³-hybridized carbons (Fsp3) is 0.571. The average molecular weight is 141 g/mol. The third kappa shape index (κ3) is 2.64. The lowest BCUT2D eigenvalue weighted by atomic mass is 10.4. The van der Waals surface area contributed by atoms with E-state index < -0.39 is 0 Å². The van der Waals surface area contributed by atoms with Crippen LogP contribution in [0, 0.1) is 0 Å². The Labute approximate surface area is 61.8 Å². The second-order valence-electron chi connectivity index (χ2n) is 2.08. The summed E-state index contributed by atoms with van der Waals surface area (Å²) >= 11 is 0. The largest absolute Gasteiger partial charge is 0.333 e. The van der Waals surface area contributed by atoms with Crippen LogP contribution in [0.3, 0.4) is 0 Å². The van der Waals surface area contributed by atoms with Crippen LogP contribution in [-0.4, -0.2) is 16.8 Å². The van der Waals surface area contributed by atoms with Gasteiger partial charge in [0.2, 0.25) is 0 Å². The zero-order chi connectivity index (χ0) is 7.98. The Bertz CT molecular complexity index is 144. The minimum Gasteiger partial charge on any atom is -0.333 e. The van der Waals surface area contributed by atoms with Crippen molar-refractivity contribution in [2.24, 2.45) is 5.73 Å². The van der Waals surface area contributed by atoms with Gasteiger partial charge in [-0.3, -0.25) is 4.68 Å². The van der Waals surface area contributed by atoms with E-state index in [0.29, 0.717) is 6.04 Å². The molecule has 10 heavy (non-hydrogen) atoms. The van der Waals surface area contributed by atoms with Crippen LogP contribution in [0.4, 0.5) is 0 Å².